The summed E-state index contributed by atoms with van der Waals surface area (Å²) >= 11 is 0. The number of nitrogens with zero attached hydrogens (tertiary/aromatic N) is 5. The molecule has 4 rings (SSSR count). The van der Waals surface area contributed by atoms with Gasteiger partial charge in [-0.2, -0.15) is 0 Å². The molecule has 1 atom stereocenters. The minimum Gasteiger partial charge on any atom is -0.465 e. The number of hydrogen-bond donors (Lipinski definition) is 0. The Morgan fingerprint density at radius 3 is 2.52 bits per heavy atom. The molecular formula is C21H33N5O. The Kier molecular flexibility index (Phi) is 5.64. The maximum Gasteiger partial charge on any atom is 0.146 e. The third kappa shape index (κ3) is 4.27. The lowest BCUT2D eigenvalue weighted by Gasteiger charge is -2.31. The largest absolute Gasteiger partial charge is 0.465 e. The molecule has 0 aliphatic carbocycles. The number of piperidine rings is 2. The van der Waals surface area contributed by atoms with Crippen LogP contribution in [0.5, 0.6) is 0 Å². The van der Waals surface area contributed by atoms with Gasteiger partial charge in [0.2, 0.25) is 0 Å². The monoisotopic (exact) mass is 371 g/mol. The first-order chi connectivity index (χ1) is 13.1. The van der Waals surface area contributed by atoms with Crippen LogP contribution in [0.2, 0.25) is 0 Å². The van der Waals surface area contributed by atoms with Gasteiger partial charge in [0.05, 0.1) is 13.1 Å². The first kappa shape index (κ1) is 18.7. The predicted molar refractivity (Wildman–Crippen MR) is 106 cm³/mol. The lowest BCUT2D eigenvalue weighted by Crippen LogP contribution is -2.35. The first-order valence-corrected chi connectivity index (χ1v) is 10.5. The molecule has 2 aliphatic heterocycles. The summed E-state index contributed by atoms with van der Waals surface area (Å²) in [5, 5.41) is 9.14. The van der Waals surface area contributed by atoms with Crippen LogP contribution >= 0.6 is 0 Å². The number of furan rings is 1. The van der Waals surface area contributed by atoms with Gasteiger partial charge in [-0.25, -0.2) is 0 Å². The van der Waals surface area contributed by atoms with Crippen LogP contribution in [-0.2, 0) is 20.1 Å². The first-order valence-electron chi connectivity index (χ1n) is 10.5. The van der Waals surface area contributed by atoms with Crippen molar-refractivity contribution in [3.05, 3.63) is 34.8 Å². The zero-order chi connectivity index (χ0) is 18.8. The van der Waals surface area contributed by atoms with Crippen molar-refractivity contribution in [1.82, 2.24) is 24.6 Å². The molecule has 0 radical (unpaired) electrons. The summed E-state index contributed by atoms with van der Waals surface area (Å²) in [4.78, 5) is 5.02. The fourth-order valence-corrected chi connectivity index (χ4v) is 4.54. The summed E-state index contributed by atoms with van der Waals surface area (Å²) in [6, 6.07) is 2.18. The fraction of sp³-hybridized carbons (Fsp3) is 0.714. The van der Waals surface area contributed by atoms with Gasteiger partial charge in [-0.1, -0.05) is 6.42 Å². The number of aromatic nitrogens is 3. The van der Waals surface area contributed by atoms with Crippen LogP contribution in [0, 0.1) is 13.8 Å². The predicted octanol–water partition coefficient (Wildman–Crippen LogP) is 3.39. The molecule has 0 aromatic carbocycles. The Hall–Kier alpha value is -1.66. The fourth-order valence-electron chi connectivity index (χ4n) is 4.54. The van der Waals surface area contributed by atoms with E-state index in [0.29, 0.717) is 5.92 Å². The van der Waals surface area contributed by atoms with Crippen molar-refractivity contribution in [2.75, 3.05) is 26.2 Å². The normalized spacial score (nSPS) is 22.4. The van der Waals surface area contributed by atoms with Crippen LogP contribution in [0.25, 0.3) is 0 Å². The molecule has 0 amide bonds. The molecule has 2 aliphatic rings. The van der Waals surface area contributed by atoms with Gasteiger partial charge in [0, 0.05) is 19.5 Å². The topological polar surface area (TPSA) is 50.3 Å². The maximum atomic E-state index is 5.89. The van der Waals surface area contributed by atoms with E-state index in [-0.39, 0.29) is 0 Å². The second-order valence-corrected chi connectivity index (χ2v) is 8.40. The van der Waals surface area contributed by atoms with E-state index in [0.717, 1.165) is 49.3 Å². The third-order valence-electron chi connectivity index (χ3n) is 6.28. The number of hydrogen-bond acceptors (Lipinski definition) is 5. The highest BCUT2D eigenvalue weighted by atomic mass is 16.3. The van der Waals surface area contributed by atoms with Crippen molar-refractivity contribution in [1.29, 1.82) is 0 Å². The van der Waals surface area contributed by atoms with E-state index < -0.39 is 0 Å². The lowest BCUT2D eigenvalue weighted by atomic mass is 9.97. The van der Waals surface area contributed by atoms with Crippen molar-refractivity contribution in [2.24, 2.45) is 7.05 Å². The summed E-state index contributed by atoms with van der Waals surface area (Å²) in [5.41, 5.74) is 1.24. The molecule has 6 heteroatoms. The highest BCUT2D eigenvalue weighted by Gasteiger charge is 2.27. The molecule has 0 spiro atoms. The number of rotatable bonds is 5. The summed E-state index contributed by atoms with van der Waals surface area (Å²) in [5.74, 6) is 4.84. The SMILES string of the molecule is Cc1cc(CN2CCC[C@@H](c3nnc(CN4CCCCC4)n3C)C2)oc1C. The molecule has 27 heavy (non-hydrogen) atoms. The molecule has 4 heterocycles. The van der Waals surface area contributed by atoms with E-state index in [9.17, 15) is 0 Å². The Morgan fingerprint density at radius 2 is 1.78 bits per heavy atom. The average molecular weight is 372 g/mol. The van der Waals surface area contributed by atoms with Gasteiger partial charge in [0.1, 0.15) is 23.2 Å². The van der Waals surface area contributed by atoms with Crippen LogP contribution in [0.15, 0.2) is 10.5 Å². The van der Waals surface area contributed by atoms with Gasteiger partial charge in [-0.3, -0.25) is 9.80 Å². The smallest absolute Gasteiger partial charge is 0.146 e. The van der Waals surface area contributed by atoms with E-state index in [1.807, 2.05) is 6.92 Å². The molecule has 0 bridgehead atoms. The van der Waals surface area contributed by atoms with Gasteiger partial charge in [0.25, 0.3) is 0 Å². The van der Waals surface area contributed by atoms with Crippen molar-refractivity contribution >= 4 is 0 Å². The van der Waals surface area contributed by atoms with Crippen LogP contribution in [0.3, 0.4) is 0 Å². The Balaban J connectivity index is 1.40. The number of likely N-dealkylation sites (tertiary alicyclic amines) is 2. The lowest BCUT2D eigenvalue weighted by molar-refractivity contribution is 0.181. The van der Waals surface area contributed by atoms with Gasteiger partial charge in [-0.05, 0) is 70.8 Å². The Labute approximate surface area is 162 Å². The van der Waals surface area contributed by atoms with Crippen LogP contribution in [0.4, 0.5) is 0 Å². The van der Waals surface area contributed by atoms with Gasteiger partial charge >= 0.3 is 0 Å². The molecule has 2 aromatic rings. The highest BCUT2D eigenvalue weighted by molar-refractivity contribution is 5.18. The van der Waals surface area contributed by atoms with Crippen molar-refractivity contribution < 1.29 is 4.42 Å². The molecule has 0 N–H and O–H groups in total. The van der Waals surface area contributed by atoms with Crippen molar-refractivity contribution in [3.8, 4) is 0 Å². The van der Waals surface area contributed by atoms with E-state index in [2.05, 4.69) is 44.6 Å². The van der Waals surface area contributed by atoms with E-state index in [1.54, 1.807) is 0 Å². The zero-order valence-corrected chi connectivity index (χ0v) is 17.1. The molecule has 0 saturated carbocycles. The van der Waals surface area contributed by atoms with Crippen LogP contribution < -0.4 is 0 Å². The van der Waals surface area contributed by atoms with Crippen LogP contribution in [-0.4, -0.2) is 50.7 Å². The average Bonchev–Trinajstić information content (AvgIpc) is 3.18. The Morgan fingerprint density at radius 1 is 1.00 bits per heavy atom. The molecule has 2 aromatic heterocycles. The van der Waals surface area contributed by atoms with E-state index >= 15 is 0 Å². The second-order valence-electron chi connectivity index (χ2n) is 8.40. The van der Waals surface area contributed by atoms with Crippen molar-refractivity contribution in [2.45, 2.75) is 65.0 Å². The minimum absolute atomic E-state index is 0.462. The highest BCUT2D eigenvalue weighted by Crippen LogP contribution is 2.27. The van der Waals surface area contributed by atoms with Crippen LogP contribution in [0.1, 0.15) is 66.8 Å². The molecule has 2 fully saturated rings. The standard InChI is InChI=1S/C21H33N5O/c1-16-12-19(27-17(16)2)14-26-11-7-8-18(13-26)21-23-22-20(24(21)3)15-25-9-5-4-6-10-25/h12,18H,4-11,13-15H2,1-3H3/t18-/m1/s1. The maximum absolute atomic E-state index is 5.89. The van der Waals surface area contributed by atoms with E-state index in [1.165, 1.54) is 50.8 Å². The van der Waals surface area contributed by atoms with Gasteiger partial charge < -0.3 is 8.98 Å². The molecule has 6 nitrogen and oxygen atoms in total. The molecule has 0 unspecified atom stereocenters. The molecule has 2 saturated heterocycles. The quantitative estimate of drug-likeness (QED) is 0.806. The van der Waals surface area contributed by atoms with Gasteiger partial charge in [0.15, 0.2) is 0 Å². The second kappa shape index (κ2) is 8.15. The third-order valence-corrected chi connectivity index (χ3v) is 6.28. The minimum atomic E-state index is 0.462. The summed E-state index contributed by atoms with van der Waals surface area (Å²) in [6.07, 6.45) is 6.40. The molecule has 148 valence electrons. The molecular weight excluding hydrogens is 338 g/mol. The Bertz CT molecular complexity index is 739. The number of aryl methyl sites for hydroxylation is 2. The van der Waals surface area contributed by atoms with Gasteiger partial charge in [-0.15, -0.1) is 10.2 Å². The van der Waals surface area contributed by atoms with E-state index in [4.69, 9.17) is 4.42 Å². The summed E-state index contributed by atoms with van der Waals surface area (Å²) in [6.45, 7) is 10.5. The zero-order valence-electron chi connectivity index (χ0n) is 17.1. The summed E-state index contributed by atoms with van der Waals surface area (Å²) < 4.78 is 8.14. The summed E-state index contributed by atoms with van der Waals surface area (Å²) in [7, 11) is 2.15. The van der Waals surface area contributed by atoms with Crippen molar-refractivity contribution in [3.63, 3.8) is 0 Å².